The molecule has 2 aliphatic heterocycles. The number of amides is 1. The molecular weight excluding hydrogens is 391 g/mol. The number of hydrogen-bond acceptors (Lipinski definition) is 2. The van der Waals surface area contributed by atoms with Crippen LogP contribution in [0.2, 0.25) is 10.0 Å². The quantitative estimate of drug-likeness (QED) is 0.694. The Morgan fingerprint density at radius 1 is 1.07 bits per heavy atom. The van der Waals surface area contributed by atoms with Gasteiger partial charge in [-0.15, -0.1) is 0 Å². The summed E-state index contributed by atoms with van der Waals surface area (Å²) in [7, 11) is 0. The van der Waals surface area contributed by atoms with Crippen LogP contribution in [0.1, 0.15) is 41.1 Å². The van der Waals surface area contributed by atoms with Crippen molar-refractivity contribution in [1.82, 2.24) is 9.80 Å². The van der Waals surface area contributed by atoms with E-state index < -0.39 is 0 Å². The zero-order chi connectivity index (χ0) is 19.7. The van der Waals surface area contributed by atoms with E-state index in [2.05, 4.69) is 34.9 Å². The van der Waals surface area contributed by atoms with Gasteiger partial charge in [0, 0.05) is 13.1 Å². The third-order valence-corrected chi connectivity index (χ3v) is 6.81. The van der Waals surface area contributed by atoms with Crippen molar-refractivity contribution >= 4 is 29.1 Å². The molecular formula is C23H26Cl2N2O. The van der Waals surface area contributed by atoms with Gasteiger partial charge in [-0.2, -0.15) is 0 Å². The van der Waals surface area contributed by atoms with Gasteiger partial charge < -0.3 is 9.80 Å². The van der Waals surface area contributed by atoms with Gasteiger partial charge in [0.1, 0.15) is 0 Å². The summed E-state index contributed by atoms with van der Waals surface area (Å²) in [4.78, 5) is 17.9. The van der Waals surface area contributed by atoms with E-state index in [1.807, 2.05) is 6.07 Å². The molecule has 2 aromatic rings. The van der Waals surface area contributed by atoms with Crippen molar-refractivity contribution < 1.29 is 4.79 Å². The van der Waals surface area contributed by atoms with Gasteiger partial charge in [-0.1, -0.05) is 47.5 Å². The van der Waals surface area contributed by atoms with Gasteiger partial charge in [-0.05, 0) is 73.7 Å². The molecule has 148 valence electrons. The van der Waals surface area contributed by atoms with Crippen LogP contribution in [0.25, 0.3) is 0 Å². The Labute approximate surface area is 177 Å². The molecule has 0 saturated carbocycles. The maximum Gasteiger partial charge on any atom is 0.227 e. The Bertz CT molecular complexity index is 877. The minimum Gasteiger partial charge on any atom is -0.334 e. The Kier molecular flexibility index (Phi) is 5.96. The maximum absolute atomic E-state index is 13.3. The molecule has 0 N–H and O–H groups in total. The average molecular weight is 417 g/mol. The summed E-state index contributed by atoms with van der Waals surface area (Å²) in [6, 6.07) is 12.1. The molecule has 0 aromatic heterocycles. The monoisotopic (exact) mass is 416 g/mol. The summed E-state index contributed by atoms with van der Waals surface area (Å²) < 4.78 is 0. The van der Waals surface area contributed by atoms with Crippen LogP contribution in [0.3, 0.4) is 0 Å². The molecule has 0 unspecified atom stereocenters. The molecule has 28 heavy (non-hydrogen) atoms. The standard InChI is InChI=1S/C23H26Cl2N2O/c1-16-5-4-6-19-18(16)9-12-27(22(19)15-26-10-2-3-11-26)23(28)14-17-7-8-20(24)21(25)13-17/h4-8,13,22H,2-3,9-12,14-15H2,1H3/t22-/m0/s1. The van der Waals surface area contributed by atoms with Crippen molar-refractivity contribution in [3.8, 4) is 0 Å². The summed E-state index contributed by atoms with van der Waals surface area (Å²) in [5, 5.41) is 1.02. The van der Waals surface area contributed by atoms with Crippen LogP contribution in [0.15, 0.2) is 36.4 Å². The van der Waals surface area contributed by atoms with E-state index in [1.165, 1.54) is 29.5 Å². The maximum atomic E-state index is 13.3. The fourth-order valence-corrected chi connectivity index (χ4v) is 4.89. The number of halogens is 2. The fourth-order valence-electron chi connectivity index (χ4n) is 4.57. The topological polar surface area (TPSA) is 23.6 Å². The minimum atomic E-state index is 0.122. The van der Waals surface area contributed by atoms with E-state index in [0.717, 1.165) is 38.2 Å². The number of carbonyl (C=O) groups excluding carboxylic acids is 1. The summed E-state index contributed by atoms with van der Waals surface area (Å²) in [5.74, 6) is 0.162. The summed E-state index contributed by atoms with van der Waals surface area (Å²) >= 11 is 12.2. The first kappa shape index (κ1) is 19.8. The Hall–Kier alpha value is -1.55. The van der Waals surface area contributed by atoms with Crippen LogP contribution < -0.4 is 0 Å². The molecule has 0 radical (unpaired) electrons. The molecule has 0 spiro atoms. The van der Waals surface area contributed by atoms with Crippen LogP contribution in [-0.2, 0) is 17.6 Å². The van der Waals surface area contributed by atoms with E-state index >= 15 is 0 Å². The highest BCUT2D eigenvalue weighted by atomic mass is 35.5. The molecule has 2 aromatic carbocycles. The molecule has 2 aliphatic rings. The van der Waals surface area contributed by atoms with Crippen LogP contribution in [0, 0.1) is 6.92 Å². The number of nitrogens with zero attached hydrogens (tertiary/aromatic N) is 2. The lowest BCUT2D eigenvalue weighted by Gasteiger charge is -2.40. The first-order chi connectivity index (χ1) is 13.5. The number of hydrogen-bond donors (Lipinski definition) is 0. The molecule has 1 fully saturated rings. The molecule has 1 atom stereocenters. The highest BCUT2D eigenvalue weighted by Gasteiger charge is 2.33. The first-order valence-corrected chi connectivity index (χ1v) is 10.8. The lowest BCUT2D eigenvalue weighted by atomic mass is 9.88. The number of likely N-dealkylation sites (tertiary alicyclic amines) is 1. The van der Waals surface area contributed by atoms with Crippen molar-refractivity contribution in [1.29, 1.82) is 0 Å². The van der Waals surface area contributed by atoms with Gasteiger partial charge in [0.25, 0.3) is 0 Å². The predicted molar refractivity (Wildman–Crippen MR) is 115 cm³/mol. The lowest BCUT2D eigenvalue weighted by Crippen LogP contribution is -2.45. The summed E-state index contributed by atoms with van der Waals surface area (Å²) in [6.07, 6.45) is 3.79. The first-order valence-electron chi connectivity index (χ1n) is 10.1. The second kappa shape index (κ2) is 8.44. The third-order valence-electron chi connectivity index (χ3n) is 6.07. The molecule has 3 nitrogen and oxygen atoms in total. The van der Waals surface area contributed by atoms with E-state index in [-0.39, 0.29) is 11.9 Å². The smallest absolute Gasteiger partial charge is 0.227 e. The molecule has 2 heterocycles. The number of rotatable bonds is 4. The highest BCUT2D eigenvalue weighted by Crippen LogP contribution is 2.34. The van der Waals surface area contributed by atoms with Gasteiger partial charge in [0.2, 0.25) is 5.91 Å². The number of fused-ring (bicyclic) bond motifs is 1. The zero-order valence-electron chi connectivity index (χ0n) is 16.3. The third kappa shape index (κ3) is 4.07. The van der Waals surface area contributed by atoms with Crippen LogP contribution in [-0.4, -0.2) is 41.9 Å². The van der Waals surface area contributed by atoms with Crippen molar-refractivity contribution in [2.24, 2.45) is 0 Å². The molecule has 1 amide bonds. The number of benzene rings is 2. The van der Waals surface area contributed by atoms with Gasteiger partial charge >= 0.3 is 0 Å². The van der Waals surface area contributed by atoms with Crippen LogP contribution in [0.5, 0.6) is 0 Å². The van der Waals surface area contributed by atoms with E-state index in [1.54, 1.807) is 12.1 Å². The average Bonchev–Trinajstić information content (AvgIpc) is 3.18. The molecule has 4 rings (SSSR count). The van der Waals surface area contributed by atoms with Gasteiger partial charge in [-0.25, -0.2) is 0 Å². The molecule has 1 saturated heterocycles. The fraction of sp³-hybridized carbons (Fsp3) is 0.435. The largest absolute Gasteiger partial charge is 0.334 e. The Morgan fingerprint density at radius 3 is 2.61 bits per heavy atom. The lowest BCUT2D eigenvalue weighted by molar-refractivity contribution is -0.133. The van der Waals surface area contributed by atoms with Crippen molar-refractivity contribution in [3.05, 3.63) is 68.7 Å². The number of carbonyl (C=O) groups is 1. The minimum absolute atomic E-state index is 0.122. The van der Waals surface area contributed by atoms with Crippen molar-refractivity contribution in [3.63, 3.8) is 0 Å². The normalized spacial score (nSPS) is 19.7. The molecule has 0 aliphatic carbocycles. The van der Waals surface area contributed by atoms with Crippen LogP contribution >= 0.6 is 23.2 Å². The van der Waals surface area contributed by atoms with E-state index in [0.29, 0.717) is 16.5 Å². The van der Waals surface area contributed by atoms with E-state index in [9.17, 15) is 4.79 Å². The Morgan fingerprint density at radius 2 is 1.86 bits per heavy atom. The van der Waals surface area contributed by atoms with Crippen molar-refractivity contribution in [2.45, 2.75) is 38.6 Å². The summed E-state index contributed by atoms with van der Waals surface area (Å²) in [6.45, 7) is 6.14. The second-order valence-corrected chi connectivity index (χ2v) is 8.74. The predicted octanol–water partition coefficient (Wildman–Crippen LogP) is 5.07. The van der Waals surface area contributed by atoms with Crippen LogP contribution in [0.4, 0.5) is 0 Å². The SMILES string of the molecule is Cc1cccc2c1CCN(C(=O)Cc1ccc(Cl)c(Cl)c1)[C@H]2CN1CCCC1. The molecule has 0 bridgehead atoms. The Balaban J connectivity index is 1.60. The second-order valence-electron chi connectivity index (χ2n) is 7.93. The van der Waals surface area contributed by atoms with Crippen molar-refractivity contribution in [2.75, 3.05) is 26.2 Å². The highest BCUT2D eigenvalue weighted by molar-refractivity contribution is 6.42. The van der Waals surface area contributed by atoms with E-state index in [4.69, 9.17) is 23.2 Å². The molecule has 5 heteroatoms. The summed E-state index contributed by atoms with van der Waals surface area (Å²) in [5.41, 5.74) is 4.99. The number of aryl methyl sites for hydroxylation is 1. The zero-order valence-corrected chi connectivity index (χ0v) is 17.8. The van der Waals surface area contributed by atoms with Gasteiger partial charge in [0.15, 0.2) is 0 Å². The van der Waals surface area contributed by atoms with Gasteiger partial charge in [0.05, 0.1) is 22.5 Å². The van der Waals surface area contributed by atoms with Gasteiger partial charge in [-0.3, -0.25) is 4.79 Å².